The second-order valence-electron chi connectivity index (χ2n) is 4.49. The molecule has 1 aromatic heterocycles. The van der Waals surface area contributed by atoms with Crippen molar-refractivity contribution in [3.63, 3.8) is 0 Å². The molecular weight excluding hydrogens is 238 g/mol. The van der Waals surface area contributed by atoms with Crippen LogP contribution in [0.1, 0.15) is 34.5 Å². The quantitative estimate of drug-likeness (QED) is 0.805. The number of aryl methyl sites for hydroxylation is 2. The Labute approximate surface area is 112 Å². The molecule has 0 spiro atoms. The fourth-order valence-corrected chi connectivity index (χ4v) is 2.11. The number of unbranched alkanes of at least 4 members (excludes halogenated alkanes) is 1. The molecule has 3 nitrogen and oxygen atoms in total. The summed E-state index contributed by atoms with van der Waals surface area (Å²) in [6.07, 6.45) is 5.53. The average molecular weight is 255 g/mol. The Morgan fingerprint density at radius 3 is 2.47 bits per heavy atom. The topological polar surface area (TPSA) is 50.2 Å². The fourth-order valence-electron chi connectivity index (χ4n) is 2.11. The molecule has 0 saturated carbocycles. The summed E-state index contributed by atoms with van der Waals surface area (Å²) in [5.74, 6) is -0.847. The summed E-state index contributed by atoms with van der Waals surface area (Å²) in [5, 5.41) is 9.09. The molecule has 0 amide bonds. The SMILES string of the molecule is O=C(O)c1ccccc1CCCCc1ccccn1. The molecular formula is C16H17NO2. The van der Waals surface area contributed by atoms with Gasteiger partial charge in [-0.25, -0.2) is 4.79 Å². The normalized spacial score (nSPS) is 10.3. The molecule has 1 heterocycles. The van der Waals surface area contributed by atoms with Crippen molar-refractivity contribution in [2.24, 2.45) is 0 Å². The number of hydrogen-bond acceptors (Lipinski definition) is 2. The molecule has 2 aromatic rings. The Morgan fingerprint density at radius 2 is 1.74 bits per heavy atom. The highest BCUT2D eigenvalue weighted by Gasteiger charge is 2.08. The van der Waals surface area contributed by atoms with Gasteiger partial charge in [-0.2, -0.15) is 0 Å². The summed E-state index contributed by atoms with van der Waals surface area (Å²) in [4.78, 5) is 15.3. The molecule has 98 valence electrons. The molecule has 0 unspecified atom stereocenters. The van der Waals surface area contributed by atoms with E-state index in [0.717, 1.165) is 36.9 Å². The van der Waals surface area contributed by atoms with Gasteiger partial charge >= 0.3 is 5.97 Å². The lowest BCUT2D eigenvalue weighted by Crippen LogP contribution is -2.02. The third kappa shape index (κ3) is 3.91. The van der Waals surface area contributed by atoms with Crippen LogP contribution in [0.5, 0.6) is 0 Å². The van der Waals surface area contributed by atoms with E-state index < -0.39 is 5.97 Å². The predicted octanol–water partition coefficient (Wildman–Crippen LogP) is 3.35. The lowest BCUT2D eigenvalue weighted by Gasteiger charge is -2.05. The number of aromatic nitrogens is 1. The van der Waals surface area contributed by atoms with Crippen molar-refractivity contribution in [1.29, 1.82) is 0 Å². The Morgan fingerprint density at radius 1 is 1.00 bits per heavy atom. The first-order valence-corrected chi connectivity index (χ1v) is 6.48. The van der Waals surface area contributed by atoms with Crippen LogP contribution in [-0.4, -0.2) is 16.1 Å². The molecule has 0 bridgehead atoms. The van der Waals surface area contributed by atoms with Gasteiger partial charge in [-0.1, -0.05) is 24.3 Å². The van der Waals surface area contributed by atoms with Crippen LogP contribution < -0.4 is 0 Å². The minimum absolute atomic E-state index is 0.417. The molecule has 1 N–H and O–H groups in total. The van der Waals surface area contributed by atoms with Crippen LogP contribution in [0.15, 0.2) is 48.7 Å². The van der Waals surface area contributed by atoms with Crippen molar-refractivity contribution in [3.05, 3.63) is 65.5 Å². The lowest BCUT2D eigenvalue weighted by atomic mass is 10.0. The van der Waals surface area contributed by atoms with Crippen LogP contribution in [0.2, 0.25) is 0 Å². The summed E-state index contributed by atoms with van der Waals surface area (Å²) < 4.78 is 0. The molecule has 0 aliphatic heterocycles. The number of carbonyl (C=O) groups is 1. The van der Waals surface area contributed by atoms with E-state index in [1.807, 2.05) is 30.3 Å². The van der Waals surface area contributed by atoms with Gasteiger partial charge in [0.25, 0.3) is 0 Å². The molecule has 19 heavy (non-hydrogen) atoms. The Hall–Kier alpha value is -2.16. The third-order valence-corrected chi connectivity index (χ3v) is 3.10. The second-order valence-corrected chi connectivity index (χ2v) is 4.49. The molecule has 0 radical (unpaired) electrons. The second kappa shape index (κ2) is 6.69. The maximum absolute atomic E-state index is 11.1. The summed E-state index contributed by atoms with van der Waals surface area (Å²) in [6.45, 7) is 0. The first-order chi connectivity index (χ1) is 9.27. The van der Waals surface area contributed by atoms with Gasteiger partial charge in [-0.3, -0.25) is 4.98 Å². The molecule has 1 aromatic carbocycles. The average Bonchev–Trinajstić information content (AvgIpc) is 2.45. The first kappa shape index (κ1) is 13.3. The highest BCUT2D eigenvalue weighted by Crippen LogP contribution is 2.13. The van der Waals surface area contributed by atoms with Crippen molar-refractivity contribution in [2.45, 2.75) is 25.7 Å². The highest BCUT2D eigenvalue weighted by atomic mass is 16.4. The van der Waals surface area contributed by atoms with Crippen LogP contribution in [0.4, 0.5) is 0 Å². The number of nitrogens with zero attached hydrogens (tertiary/aromatic N) is 1. The van der Waals surface area contributed by atoms with E-state index >= 15 is 0 Å². The van der Waals surface area contributed by atoms with Gasteiger partial charge in [0, 0.05) is 11.9 Å². The third-order valence-electron chi connectivity index (χ3n) is 3.10. The van der Waals surface area contributed by atoms with Crippen LogP contribution >= 0.6 is 0 Å². The van der Waals surface area contributed by atoms with E-state index in [2.05, 4.69) is 4.98 Å². The number of carboxylic acid groups (broad SMARTS) is 1. The Kier molecular flexibility index (Phi) is 4.67. The van der Waals surface area contributed by atoms with Crippen molar-refractivity contribution in [3.8, 4) is 0 Å². The van der Waals surface area contributed by atoms with Gasteiger partial charge in [0.1, 0.15) is 0 Å². The van der Waals surface area contributed by atoms with Crippen molar-refractivity contribution in [1.82, 2.24) is 4.98 Å². The fraction of sp³-hybridized carbons (Fsp3) is 0.250. The smallest absolute Gasteiger partial charge is 0.335 e. The van der Waals surface area contributed by atoms with E-state index in [0.29, 0.717) is 5.56 Å². The van der Waals surface area contributed by atoms with Crippen molar-refractivity contribution < 1.29 is 9.90 Å². The van der Waals surface area contributed by atoms with E-state index in [9.17, 15) is 4.79 Å². The number of benzene rings is 1. The van der Waals surface area contributed by atoms with Crippen LogP contribution in [0.25, 0.3) is 0 Å². The molecule has 3 heteroatoms. The zero-order valence-corrected chi connectivity index (χ0v) is 10.7. The van der Waals surface area contributed by atoms with Gasteiger partial charge in [0.2, 0.25) is 0 Å². The lowest BCUT2D eigenvalue weighted by molar-refractivity contribution is 0.0695. The zero-order chi connectivity index (χ0) is 13.5. The van der Waals surface area contributed by atoms with Gasteiger partial charge in [-0.15, -0.1) is 0 Å². The number of aromatic carboxylic acids is 1. The van der Waals surface area contributed by atoms with E-state index in [-0.39, 0.29) is 0 Å². The summed E-state index contributed by atoms with van der Waals surface area (Å²) in [7, 11) is 0. The molecule has 0 atom stereocenters. The molecule has 0 saturated heterocycles. The molecule has 0 aliphatic rings. The molecule has 0 aliphatic carbocycles. The van der Waals surface area contributed by atoms with Crippen LogP contribution in [-0.2, 0) is 12.8 Å². The van der Waals surface area contributed by atoms with Crippen molar-refractivity contribution >= 4 is 5.97 Å². The van der Waals surface area contributed by atoms with Crippen LogP contribution in [0.3, 0.4) is 0 Å². The van der Waals surface area contributed by atoms with Gasteiger partial charge in [0.05, 0.1) is 5.56 Å². The van der Waals surface area contributed by atoms with Gasteiger partial charge in [0.15, 0.2) is 0 Å². The van der Waals surface area contributed by atoms with E-state index in [4.69, 9.17) is 5.11 Å². The van der Waals surface area contributed by atoms with Gasteiger partial charge in [-0.05, 0) is 49.4 Å². The summed E-state index contributed by atoms with van der Waals surface area (Å²) in [5.41, 5.74) is 2.42. The number of pyridine rings is 1. The number of hydrogen-bond donors (Lipinski definition) is 1. The predicted molar refractivity (Wildman–Crippen MR) is 74.3 cm³/mol. The van der Waals surface area contributed by atoms with Gasteiger partial charge < -0.3 is 5.11 Å². The minimum Gasteiger partial charge on any atom is -0.478 e. The Balaban J connectivity index is 1.85. The Bertz CT molecular complexity index is 537. The number of carboxylic acids is 1. The summed E-state index contributed by atoms with van der Waals surface area (Å²) >= 11 is 0. The minimum atomic E-state index is -0.847. The monoisotopic (exact) mass is 255 g/mol. The first-order valence-electron chi connectivity index (χ1n) is 6.48. The number of rotatable bonds is 6. The van der Waals surface area contributed by atoms with Crippen LogP contribution in [0, 0.1) is 0 Å². The molecule has 2 rings (SSSR count). The van der Waals surface area contributed by atoms with E-state index in [1.54, 1.807) is 18.3 Å². The molecule has 0 fully saturated rings. The standard InChI is InChI=1S/C16H17NO2/c18-16(19)15-11-4-2-8-13(15)7-1-3-9-14-10-5-6-12-17-14/h2,4-6,8,10-12H,1,3,7,9H2,(H,18,19). The zero-order valence-electron chi connectivity index (χ0n) is 10.7. The maximum Gasteiger partial charge on any atom is 0.335 e. The highest BCUT2D eigenvalue weighted by molar-refractivity contribution is 5.89. The summed E-state index contributed by atoms with van der Waals surface area (Å²) in [6, 6.07) is 13.1. The van der Waals surface area contributed by atoms with E-state index in [1.165, 1.54) is 0 Å². The van der Waals surface area contributed by atoms with Crippen molar-refractivity contribution in [2.75, 3.05) is 0 Å². The maximum atomic E-state index is 11.1. The largest absolute Gasteiger partial charge is 0.478 e.